The van der Waals surface area contributed by atoms with E-state index in [9.17, 15) is 33.9 Å². The SMILES string of the molecule is COC(=O)N1C(=O)C2CC=C3C(CC4C(=O)N(C(=O)OC)C(=O)C4C3c3cccc(O)c3)C2C1=O. The maximum absolute atomic E-state index is 13.3. The Morgan fingerprint density at radius 1 is 0.857 bits per heavy atom. The number of allylic oxidation sites excluding steroid dienone is 2. The number of carbonyl (C=O) groups is 6. The third-order valence-corrected chi connectivity index (χ3v) is 7.59. The molecule has 11 nitrogen and oxygen atoms in total. The molecule has 0 bridgehead atoms. The van der Waals surface area contributed by atoms with Crippen molar-refractivity contribution in [1.82, 2.24) is 9.80 Å². The Kier molecular flexibility index (Phi) is 5.22. The highest BCUT2D eigenvalue weighted by Gasteiger charge is 2.63. The molecule has 6 unspecified atom stereocenters. The van der Waals surface area contributed by atoms with Crippen LogP contribution in [0.5, 0.6) is 5.75 Å². The van der Waals surface area contributed by atoms with E-state index in [1.165, 1.54) is 12.1 Å². The van der Waals surface area contributed by atoms with Gasteiger partial charge in [0.2, 0.25) is 23.6 Å². The van der Waals surface area contributed by atoms with Crippen LogP contribution in [-0.2, 0) is 28.7 Å². The van der Waals surface area contributed by atoms with E-state index in [2.05, 4.69) is 9.47 Å². The van der Waals surface area contributed by atoms with Crippen LogP contribution < -0.4 is 0 Å². The van der Waals surface area contributed by atoms with Crippen molar-refractivity contribution in [2.45, 2.75) is 18.8 Å². The summed E-state index contributed by atoms with van der Waals surface area (Å²) in [7, 11) is 2.14. The summed E-state index contributed by atoms with van der Waals surface area (Å²) >= 11 is 0. The molecule has 0 spiro atoms. The van der Waals surface area contributed by atoms with Crippen molar-refractivity contribution in [3.63, 3.8) is 0 Å². The lowest BCUT2D eigenvalue weighted by molar-refractivity contribution is -0.139. The van der Waals surface area contributed by atoms with Crippen molar-refractivity contribution in [1.29, 1.82) is 0 Å². The van der Waals surface area contributed by atoms with Gasteiger partial charge in [-0.05, 0) is 36.5 Å². The molecule has 2 aliphatic carbocycles. The number of aromatic hydroxyl groups is 1. The van der Waals surface area contributed by atoms with Crippen molar-refractivity contribution in [3.8, 4) is 5.75 Å². The fraction of sp³-hybridized carbons (Fsp3) is 0.417. The van der Waals surface area contributed by atoms with Crippen LogP contribution in [-0.4, -0.2) is 64.9 Å². The van der Waals surface area contributed by atoms with Gasteiger partial charge in [-0.25, -0.2) is 9.59 Å². The van der Waals surface area contributed by atoms with E-state index in [0.29, 0.717) is 20.9 Å². The highest BCUT2D eigenvalue weighted by atomic mass is 16.5. The lowest BCUT2D eigenvalue weighted by Crippen LogP contribution is -2.43. The summed E-state index contributed by atoms with van der Waals surface area (Å²) < 4.78 is 9.26. The van der Waals surface area contributed by atoms with E-state index < -0.39 is 71.3 Å². The summed E-state index contributed by atoms with van der Waals surface area (Å²) in [4.78, 5) is 78.1. The number of likely N-dealkylation sites (tertiary alicyclic amines) is 2. The summed E-state index contributed by atoms with van der Waals surface area (Å²) in [6.07, 6.45) is -0.189. The monoisotopic (exact) mass is 482 g/mol. The molecule has 1 aromatic carbocycles. The molecular formula is C24H22N2O9. The number of nitrogens with zero attached hydrogens (tertiary/aromatic N) is 2. The third-order valence-electron chi connectivity index (χ3n) is 7.59. The number of phenols is 1. The highest BCUT2D eigenvalue weighted by molar-refractivity contribution is 6.17. The van der Waals surface area contributed by atoms with Crippen molar-refractivity contribution < 1.29 is 43.3 Å². The zero-order valence-corrected chi connectivity index (χ0v) is 18.9. The van der Waals surface area contributed by atoms with E-state index in [0.717, 1.165) is 14.2 Å². The Hall–Kier alpha value is -4.02. The summed E-state index contributed by atoms with van der Waals surface area (Å²) in [5, 5.41) is 10.1. The molecule has 11 heteroatoms. The smallest absolute Gasteiger partial charge is 0.423 e. The Bertz CT molecular complexity index is 1220. The molecule has 1 aromatic rings. The van der Waals surface area contributed by atoms with Gasteiger partial charge < -0.3 is 14.6 Å². The average molecular weight is 482 g/mol. The lowest BCUT2D eigenvalue weighted by Gasteiger charge is -2.43. The molecule has 6 atom stereocenters. The molecule has 2 aliphatic heterocycles. The second kappa shape index (κ2) is 8.03. The van der Waals surface area contributed by atoms with Crippen molar-refractivity contribution in [2.24, 2.45) is 29.6 Å². The van der Waals surface area contributed by atoms with Gasteiger partial charge in [-0.2, -0.15) is 9.80 Å². The number of hydrogen-bond donors (Lipinski definition) is 1. The molecule has 2 heterocycles. The molecule has 4 aliphatic rings. The quantitative estimate of drug-likeness (QED) is 0.465. The minimum Gasteiger partial charge on any atom is -0.508 e. The highest BCUT2D eigenvalue weighted by Crippen LogP contribution is 2.58. The maximum atomic E-state index is 13.3. The number of carbonyl (C=O) groups excluding carboxylic acids is 6. The fourth-order valence-corrected chi connectivity index (χ4v) is 6.22. The maximum Gasteiger partial charge on any atom is 0.423 e. The minimum atomic E-state index is -1.09. The summed E-state index contributed by atoms with van der Waals surface area (Å²) in [5.74, 6) is -7.88. The van der Waals surface area contributed by atoms with Crippen LogP contribution in [0.1, 0.15) is 24.3 Å². The Morgan fingerprint density at radius 2 is 1.46 bits per heavy atom. The van der Waals surface area contributed by atoms with E-state index in [-0.39, 0.29) is 18.6 Å². The van der Waals surface area contributed by atoms with Crippen molar-refractivity contribution in [3.05, 3.63) is 41.5 Å². The van der Waals surface area contributed by atoms with Gasteiger partial charge in [0.25, 0.3) is 0 Å². The van der Waals surface area contributed by atoms with Gasteiger partial charge >= 0.3 is 12.2 Å². The number of imide groups is 6. The number of ether oxygens (including phenoxy) is 2. The molecule has 6 amide bonds. The second-order valence-electron chi connectivity index (χ2n) is 9.08. The zero-order valence-electron chi connectivity index (χ0n) is 18.9. The number of hydrogen-bond acceptors (Lipinski definition) is 9. The summed E-state index contributed by atoms with van der Waals surface area (Å²) in [5.41, 5.74) is 1.20. The summed E-state index contributed by atoms with van der Waals surface area (Å²) in [6, 6.07) is 6.22. The van der Waals surface area contributed by atoms with Crippen LogP contribution in [0.2, 0.25) is 0 Å². The topological polar surface area (TPSA) is 148 Å². The standard InChI is InChI=1S/C24H22N2O9/c1-34-23(32)25-19(28)13-7-6-12-14(17(13)21(25)30)9-15-18(16(12)10-4-3-5-11(27)8-10)22(31)26(20(15)29)24(33)35-2/h3-6,8,13-18,27H,7,9H2,1-2H3. The number of rotatable bonds is 1. The Morgan fingerprint density at radius 3 is 2.06 bits per heavy atom. The molecule has 3 fully saturated rings. The van der Waals surface area contributed by atoms with Gasteiger partial charge in [0, 0.05) is 5.92 Å². The van der Waals surface area contributed by atoms with Crippen LogP contribution in [0.15, 0.2) is 35.9 Å². The molecule has 1 saturated carbocycles. The largest absolute Gasteiger partial charge is 0.508 e. The van der Waals surface area contributed by atoms with Crippen LogP contribution >= 0.6 is 0 Å². The normalized spacial score (nSPS) is 31.5. The van der Waals surface area contributed by atoms with Gasteiger partial charge in [-0.15, -0.1) is 0 Å². The van der Waals surface area contributed by atoms with Gasteiger partial charge in [0.05, 0.1) is 37.9 Å². The predicted octanol–water partition coefficient (Wildman–Crippen LogP) is 1.56. The first-order valence-corrected chi connectivity index (χ1v) is 11.1. The first-order valence-electron chi connectivity index (χ1n) is 11.1. The second-order valence-corrected chi connectivity index (χ2v) is 9.08. The van der Waals surface area contributed by atoms with Crippen LogP contribution in [0.4, 0.5) is 9.59 Å². The van der Waals surface area contributed by atoms with Crippen LogP contribution in [0.3, 0.4) is 0 Å². The molecule has 35 heavy (non-hydrogen) atoms. The van der Waals surface area contributed by atoms with Crippen molar-refractivity contribution >= 4 is 35.8 Å². The molecule has 0 aromatic heterocycles. The van der Waals surface area contributed by atoms with E-state index in [1.807, 2.05) is 0 Å². The van der Waals surface area contributed by atoms with Crippen molar-refractivity contribution in [2.75, 3.05) is 14.2 Å². The Labute approximate surface area is 199 Å². The number of amides is 6. The zero-order chi connectivity index (χ0) is 25.2. The predicted molar refractivity (Wildman–Crippen MR) is 114 cm³/mol. The number of phenolic OH excluding ortho intramolecular Hbond substituents is 1. The molecule has 1 N–H and O–H groups in total. The molecule has 182 valence electrons. The van der Waals surface area contributed by atoms with E-state index in [1.54, 1.807) is 18.2 Å². The molecular weight excluding hydrogens is 460 g/mol. The van der Waals surface area contributed by atoms with E-state index in [4.69, 9.17) is 0 Å². The van der Waals surface area contributed by atoms with E-state index >= 15 is 0 Å². The molecule has 2 saturated heterocycles. The summed E-state index contributed by atoms with van der Waals surface area (Å²) in [6.45, 7) is 0. The lowest BCUT2D eigenvalue weighted by atomic mass is 9.57. The number of methoxy groups -OCH3 is 2. The average Bonchev–Trinajstić information content (AvgIpc) is 3.25. The number of benzene rings is 1. The van der Waals surface area contributed by atoms with Gasteiger partial charge in [0.15, 0.2) is 0 Å². The minimum absolute atomic E-state index is 0.0408. The third kappa shape index (κ3) is 3.10. The molecule has 5 rings (SSSR count). The Balaban J connectivity index is 1.63. The van der Waals surface area contributed by atoms with Crippen LogP contribution in [0, 0.1) is 29.6 Å². The first-order chi connectivity index (χ1) is 16.7. The van der Waals surface area contributed by atoms with Crippen LogP contribution in [0.25, 0.3) is 0 Å². The molecule has 0 radical (unpaired) electrons. The fourth-order valence-electron chi connectivity index (χ4n) is 6.22. The number of fused-ring (bicyclic) bond motifs is 4. The van der Waals surface area contributed by atoms with Gasteiger partial charge in [-0.3, -0.25) is 19.2 Å². The first kappa shape index (κ1) is 22.8. The van der Waals surface area contributed by atoms with Gasteiger partial charge in [-0.1, -0.05) is 23.8 Å². The van der Waals surface area contributed by atoms with Gasteiger partial charge in [0.1, 0.15) is 5.75 Å².